The fourth-order valence-corrected chi connectivity index (χ4v) is 4.15. The SMILES string of the molecule is CCCC(C)(CN)CC1CC2CCC1C2. The lowest BCUT2D eigenvalue weighted by atomic mass is 9.73. The molecule has 0 aromatic carbocycles. The van der Waals surface area contributed by atoms with Crippen molar-refractivity contribution in [3.05, 3.63) is 0 Å². The van der Waals surface area contributed by atoms with Gasteiger partial charge in [0.15, 0.2) is 0 Å². The summed E-state index contributed by atoms with van der Waals surface area (Å²) in [6.07, 6.45) is 10.1. The van der Waals surface area contributed by atoms with E-state index in [0.29, 0.717) is 5.41 Å². The summed E-state index contributed by atoms with van der Waals surface area (Å²) >= 11 is 0. The molecule has 2 bridgehead atoms. The molecule has 0 heterocycles. The van der Waals surface area contributed by atoms with E-state index in [1.165, 1.54) is 44.9 Å². The molecule has 88 valence electrons. The Kier molecular flexibility index (Phi) is 3.39. The molecule has 4 unspecified atom stereocenters. The second kappa shape index (κ2) is 4.45. The fourth-order valence-electron chi connectivity index (χ4n) is 4.15. The Morgan fingerprint density at radius 1 is 1.27 bits per heavy atom. The first kappa shape index (κ1) is 11.4. The molecule has 2 fully saturated rings. The average molecular weight is 209 g/mol. The first-order valence-electron chi connectivity index (χ1n) is 6.87. The molecule has 0 aromatic rings. The van der Waals surface area contributed by atoms with Crippen LogP contribution in [0.25, 0.3) is 0 Å². The highest BCUT2D eigenvalue weighted by Crippen LogP contribution is 2.52. The highest BCUT2D eigenvalue weighted by molar-refractivity contribution is 4.93. The Bertz CT molecular complexity index is 213. The van der Waals surface area contributed by atoms with Crippen molar-refractivity contribution in [3.63, 3.8) is 0 Å². The maximum Gasteiger partial charge on any atom is -0.00231 e. The molecule has 2 rings (SSSR count). The summed E-state index contributed by atoms with van der Waals surface area (Å²) in [5.41, 5.74) is 6.40. The van der Waals surface area contributed by atoms with Gasteiger partial charge in [-0.15, -0.1) is 0 Å². The largest absolute Gasteiger partial charge is 0.330 e. The molecule has 0 radical (unpaired) electrons. The summed E-state index contributed by atoms with van der Waals surface area (Å²) < 4.78 is 0. The Hall–Kier alpha value is -0.0400. The number of nitrogens with two attached hydrogens (primary N) is 1. The second-order valence-electron chi connectivity index (χ2n) is 6.40. The maximum atomic E-state index is 5.97. The number of hydrogen-bond acceptors (Lipinski definition) is 1. The molecule has 2 aliphatic carbocycles. The predicted molar refractivity (Wildman–Crippen MR) is 65.6 cm³/mol. The zero-order chi connectivity index (χ0) is 10.9. The molecular formula is C14H27N. The topological polar surface area (TPSA) is 26.0 Å². The highest BCUT2D eigenvalue weighted by atomic mass is 14.6. The first-order valence-corrected chi connectivity index (χ1v) is 6.87. The van der Waals surface area contributed by atoms with Crippen LogP contribution in [0.5, 0.6) is 0 Å². The molecule has 2 N–H and O–H groups in total. The van der Waals surface area contributed by atoms with Gasteiger partial charge in [-0.1, -0.05) is 26.7 Å². The van der Waals surface area contributed by atoms with Gasteiger partial charge < -0.3 is 5.73 Å². The van der Waals surface area contributed by atoms with Crippen LogP contribution < -0.4 is 5.73 Å². The molecule has 0 saturated heterocycles. The van der Waals surface area contributed by atoms with Crippen molar-refractivity contribution in [2.75, 3.05) is 6.54 Å². The predicted octanol–water partition coefficient (Wildman–Crippen LogP) is 3.58. The van der Waals surface area contributed by atoms with Gasteiger partial charge in [-0.2, -0.15) is 0 Å². The van der Waals surface area contributed by atoms with Gasteiger partial charge >= 0.3 is 0 Å². The lowest BCUT2D eigenvalue weighted by Crippen LogP contribution is -2.31. The lowest BCUT2D eigenvalue weighted by molar-refractivity contribution is 0.183. The Balaban J connectivity index is 1.89. The van der Waals surface area contributed by atoms with Gasteiger partial charge in [0.25, 0.3) is 0 Å². The standard InChI is InChI=1S/C14H27N/c1-3-6-14(2,10-15)9-13-8-11-4-5-12(13)7-11/h11-13H,3-10,15H2,1-2H3. The van der Waals surface area contributed by atoms with E-state index in [0.717, 1.165) is 24.3 Å². The van der Waals surface area contributed by atoms with E-state index in [9.17, 15) is 0 Å². The molecule has 15 heavy (non-hydrogen) atoms. The molecule has 0 amide bonds. The van der Waals surface area contributed by atoms with Crippen LogP contribution >= 0.6 is 0 Å². The molecule has 4 atom stereocenters. The molecule has 2 saturated carbocycles. The van der Waals surface area contributed by atoms with E-state index in [1.807, 2.05) is 0 Å². The summed E-state index contributed by atoms with van der Waals surface area (Å²) in [7, 11) is 0. The van der Waals surface area contributed by atoms with E-state index in [1.54, 1.807) is 0 Å². The van der Waals surface area contributed by atoms with Gasteiger partial charge in [0.2, 0.25) is 0 Å². The number of rotatable bonds is 5. The lowest BCUT2D eigenvalue weighted by Gasteiger charge is -2.34. The van der Waals surface area contributed by atoms with Crippen molar-refractivity contribution < 1.29 is 0 Å². The van der Waals surface area contributed by atoms with Crippen molar-refractivity contribution in [3.8, 4) is 0 Å². The normalized spacial score (nSPS) is 38.2. The molecular weight excluding hydrogens is 182 g/mol. The minimum Gasteiger partial charge on any atom is -0.330 e. The monoisotopic (exact) mass is 209 g/mol. The Labute approximate surface area is 94.8 Å². The summed E-state index contributed by atoms with van der Waals surface area (Å²) in [5, 5.41) is 0. The van der Waals surface area contributed by atoms with Crippen molar-refractivity contribution in [2.24, 2.45) is 28.9 Å². The zero-order valence-electron chi connectivity index (χ0n) is 10.5. The van der Waals surface area contributed by atoms with E-state index in [-0.39, 0.29) is 0 Å². The van der Waals surface area contributed by atoms with Crippen molar-refractivity contribution >= 4 is 0 Å². The van der Waals surface area contributed by atoms with Gasteiger partial charge in [-0.25, -0.2) is 0 Å². The van der Waals surface area contributed by atoms with Gasteiger partial charge in [0, 0.05) is 0 Å². The van der Waals surface area contributed by atoms with E-state index < -0.39 is 0 Å². The van der Waals surface area contributed by atoms with Gasteiger partial charge in [0.05, 0.1) is 0 Å². The summed E-state index contributed by atoms with van der Waals surface area (Å²) in [5.74, 6) is 3.17. The van der Waals surface area contributed by atoms with Crippen LogP contribution in [0.1, 0.15) is 58.8 Å². The third kappa shape index (κ3) is 2.38. The summed E-state index contributed by atoms with van der Waals surface area (Å²) in [6, 6.07) is 0. The van der Waals surface area contributed by atoms with Crippen LogP contribution in [-0.4, -0.2) is 6.54 Å². The van der Waals surface area contributed by atoms with Crippen LogP contribution in [0, 0.1) is 23.2 Å². The first-order chi connectivity index (χ1) is 7.17. The number of fused-ring (bicyclic) bond motifs is 2. The third-order valence-corrected chi connectivity index (χ3v) is 4.99. The van der Waals surface area contributed by atoms with Gasteiger partial charge in [0.1, 0.15) is 0 Å². The third-order valence-electron chi connectivity index (χ3n) is 4.99. The highest BCUT2D eigenvalue weighted by Gasteiger charge is 2.41. The quantitative estimate of drug-likeness (QED) is 0.736. The fraction of sp³-hybridized carbons (Fsp3) is 1.00. The van der Waals surface area contributed by atoms with Gasteiger partial charge in [-0.05, 0) is 61.8 Å². The van der Waals surface area contributed by atoms with Gasteiger partial charge in [-0.3, -0.25) is 0 Å². The van der Waals surface area contributed by atoms with Crippen LogP contribution in [0.3, 0.4) is 0 Å². The van der Waals surface area contributed by atoms with Crippen LogP contribution in [0.15, 0.2) is 0 Å². The smallest absolute Gasteiger partial charge is 0.00231 e. The minimum atomic E-state index is 0.434. The molecule has 2 aliphatic rings. The van der Waals surface area contributed by atoms with E-state index >= 15 is 0 Å². The molecule has 0 aromatic heterocycles. The van der Waals surface area contributed by atoms with Crippen LogP contribution in [0.2, 0.25) is 0 Å². The maximum absolute atomic E-state index is 5.97. The zero-order valence-corrected chi connectivity index (χ0v) is 10.5. The van der Waals surface area contributed by atoms with E-state index in [4.69, 9.17) is 5.73 Å². The second-order valence-corrected chi connectivity index (χ2v) is 6.40. The molecule has 0 aliphatic heterocycles. The van der Waals surface area contributed by atoms with Crippen molar-refractivity contribution in [2.45, 2.75) is 58.8 Å². The molecule has 0 spiro atoms. The Morgan fingerprint density at radius 2 is 2.07 bits per heavy atom. The molecule has 1 nitrogen and oxygen atoms in total. The van der Waals surface area contributed by atoms with Crippen LogP contribution in [-0.2, 0) is 0 Å². The minimum absolute atomic E-state index is 0.434. The number of hydrogen-bond donors (Lipinski definition) is 1. The van der Waals surface area contributed by atoms with E-state index in [2.05, 4.69) is 13.8 Å². The average Bonchev–Trinajstić information content (AvgIpc) is 2.79. The van der Waals surface area contributed by atoms with Crippen molar-refractivity contribution in [1.82, 2.24) is 0 Å². The van der Waals surface area contributed by atoms with Crippen molar-refractivity contribution in [1.29, 1.82) is 0 Å². The molecule has 1 heteroatoms. The summed E-state index contributed by atoms with van der Waals surface area (Å²) in [6.45, 7) is 5.58. The van der Waals surface area contributed by atoms with Crippen LogP contribution in [0.4, 0.5) is 0 Å². The Morgan fingerprint density at radius 3 is 2.53 bits per heavy atom. The summed E-state index contributed by atoms with van der Waals surface area (Å²) in [4.78, 5) is 0.